The van der Waals surface area contributed by atoms with Crippen LogP contribution in [0.2, 0.25) is 0 Å². The summed E-state index contributed by atoms with van der Waals surface area (Å²) >= 11 is 0. The minimum atomic E-state index is 0.578. The van der Waals surface area contributed by atoms with Gasteiger partial charge in [0.1, 0.15) is 0 Å². The van der Waals surface area contributed by atoms with E-state index in [-0.39, 0.29) is 0 Å². The number of rotatable bonds is 1. The van der Waals surface area contributed by atoms with Crippen LogP contribution in [0.15, 0.2) is 18.5 Å². The number of pyridine rings is 1. The molecule has 4 nitrogen and oxygen atoms in total. The second-order valence-electron chi connectivity index (χ2n) is 2.52. The normalized spacial score (nSPS) is 10.4. The molecule has 0 aliphatic heterocycles. The predicted molar refractivity (Wildman–Crippen MR) is 47.1 cm³/mol. The lowest BCUT2D eigenvalue weighted by molar-refractivity contribution is 0.399. The van der Waals surface area contributed by atoms with E-state index >= 15 is 0 Å². The Morgan fingerprint density at radius 1 is 1.58 bits per heavy atom. The van der Waals surface area contributed by atoms with Gasteiger partial charge in [-0.15, -0.1) is 0 Å². The quantitative estimate of drug-likeness (QED) is 0.662. The molecule has 0 saturated heterocycles. The van der Waals surface area contributed by atoms with E-state index in [1.165, 1.54) is 0 Å². The van der Waals surface area contributed by atoms with Gasteiger partial charge in [0.15, 0.2) is 0 Å². The van der Waals surface area contributed by atoms with Gasteiger partial charge in [0.25, 0.3) is 0 Å². The van der Waals surface area contributed by atoms with Gasteiger partial charge < -0.3 is 15.5 Å². The van der Waals surface area contributed by atoms with Crippen molar-refractivity contribution in [2.75, 3.05) is 12.8 Å². The average molecular weight is 163 g/mol. The molecule has 0 aromatic carbocycles. The van der Waals surface area contributed by atoms with Gasteiger partial charge in [-0.1, -0.05) is 0 Å². The average Bonchev–Trinajstić information content (AvgIpc) is 2.47. The molecule has 0 fully saturated rings. The molecule has 2 aromatic heterocycles. The van der Waals surface area contributed by atoms with Crippen molar-refractivity contribution >= 4 is 16.6 Å². The van der Waals surface area contributed by atoms with Crippen molar-refractivity contribution in [2.24, 2.45) is 0 Å². The van der Waals surface area contributed by atoms with Crippen molar-refractivity contribution in [2.45, 2.75) is 0 Å². The minimum Gasteiger partial charge on any atom is -0.481 e. The Balaban J connectivity index is 2.71. The summed E-state index contributed by atoms with van der Waals surface area (Å²) < 4.78 is 4.97. The first-order valence-corrected chi connectivity index (χ1v) is 3.58. The smallest absolute Gasteiger partial charge is 0.213 e. The summed E-state index contributed by atoms with van der Waals surface area (Å²) in [5, 5.41) is 0.946. The van der Waals surface area contributed by atoms with Crippen LogP contribution in [0.4, 0.5) is 5.69 Å². The monoisotopic (exact) mass is 163 g/mol. The number of methoxy groups -OCH3 is 1. The first-order chi connectivity index (χ1) is 5.81. The zero-order chi connectivity index (χ0) is 8.55. The molecule has 3 N–H and O–H groups in total. The summed E-state index contributed by atoms with van der Waals surface area (Å²) in [4.78, 5) is 7.03. The number of hydrogen-bond acceptors (Lipinski definition) is 3. The Hall–Kier alpha value is -1.71. The zero-order valence-corrected chi connectivity index (χ0v) is 6.66. The third-order valence-corrected chi connectivity index (χ3v) is 1.78. The van der Waals surface area contributed by atoms with Gasteiger partial charge >= 0.3 is 0 Å². The molecule has 2 heterocycles. The first-order valence-electron chi connectivity index (χ1n) is 3.58. The molecule has 12 heavy (non-hydrogen) atoms. The van der Waals surface area contributed by atoms with Gasteiger partial charge in [0.05, 0.1) is 24.5 Å². The second-order valence-corrected chi connectivity index (χ2v) is 2.52. The van der Waals surface area contributed by atoms with Crippen molar-refractivity contribution in [3.8, 4) is 5.88 Å². The number of aromatic nitrogens is 2. The summed E-state index contributed by atoms with van der Waals surface area (Å²) in [7, 11) is 1.58. The highest BCUT2D eigenvalue weighted by atomic mass is 16.5. The van der Waals surface area contributed by atoms with Gasteiger partial charge in [0.2, 0.25) is 5.88 Å². The van der Waals surface area contributed by atoms with E-state index in [1.807, 2.05) is 0 Å². The van der Waals surface area contributed by atoms with E-state index < -0.39 is 0 Å². The lowest BCUT2D eigenvalue weighted by Gasteiger charge is -1.97. The summed E-state index contributed by atoms with van der Waals surface area (Å²) in [5.74, 6) is 0.578. The maximum atomic E-state index is 5.69. The topological polar surface area (TPSA) is 63.9 Å². The number of nitrogen functional groups attached to an aromatic ring is 1. The molecular weight excluding hydrogens is 154 g/mol. The number of nitrogens with two attached hydrogens (primary N) is 1. The largest absolute Gasteiger partial charge is 0.481 e. The lowest BCUT2D eigenvalue weighted by Crippen LogP contribution is -1.87. The Bertz CT molecular complexity index is 408. The molecule has 0 radical (unpaired) electrons. The van der Waals surface area contributed by atoms with Gasteiger partial charge in [0, 0.05) is 17.6 Å². The molecule has 0 amide bonds. The molecule has 0 bridgehead atoms. The highest BCUT2D eigenvalue weighted by Gasteiger charge is 2.01. The minimum absolute atomic E-state index is 0.578. The van der Waals surface area contributed by atoms with Crippen molar-refractivity contribution in [1.29, 1.82) is 0 Å². The van der Waals surface area contributed by atoms with Crippen LogP contribution in [0.1, 0.15) is 0 Å². The number of nitrogens with one attached hydrogen (secondary N) is 1. The number of ether oxygens (including phenoxy) is 1. The number of H-pyrrole nitrogens is 1. The standard InChI is InChI=1S/C8H9N3O/c1-12-8-2-5-6(9)3-10-7(5)4-11-8/h2-4,10H,9H2,1H3. The van der Waals surface area contributed by atoms with Crippen LogP contribution in [-0.4, -0.2) is 17.1 Å². The Labute approximate surface area is 69.4 Å². The molecule has 2 aromatic rings. The first kappa shape index (κ1) is 6.97. The Kier molecular flexibility index (Phi) is 1.40. The molecule has 4 heteroatoms. The molecule has 0 saturated carbocycles. The SMILES string of the molecule is COc1cc2c(N)c[nH]c2cn1. The fourth-order valence-corrected chi connectivity index (χ4v) is 1.13. The van der Waals surface area contributed by atoms with E-state index in [0.29, 0.717) is 11.6 Å². The van der Waals surface area contributed by atoms with Gasteiger partial charge in [-0.25, -0.2) is 4.98 Å². The summed E-state index contributed by atoms with van der Waals surface area (Å²) in [5.41, 5.74) is 7.32. The third kappa shape index (κ3) is 0.887. The van der Waals surface area contributed by atoms with Crippen molar-refractivity contribution in [1.82, 2.24) is 9.97 Å². The Morgan fingerprint density at radius 3 is 3.17 bits per heavy atom. The number of nitrogens with zero attached hydrogens (tertiary/aromatic N) is 1. The summed E-state index contributed by atoms with van der Waals surface area (Å²) in [6.07, 6.45) is 3.44. The number of fused-ring (bicyclic) bond motifs is 1. The van der Waals surface area contributed by atoms with Crippen LogP contribution in [0.5, 0.6) is 5.88 Å². The van der Waals surface area contributed by atoms with E-state index in [4.69, 9.17) is 10.5 Å². The van der Waals surface area contributed by atoms with E-state index in [0.717, 1.165) is 10.9 Å². The van der Waals surface area contributed by atoms with Crippen LogP contribution >= 0.6 is 0 Å². The molecule has 2 rings (SSSR count). The molecule has 0 aliphatic carbocycles. The molecular formula is C8H9N3O. The van der Waals surface area contributed by atoms with Crippen LogP contribution in [0.25, 0.3) is 10.9 Å². The predicted octanol–water partition coefficient (Wildman–Crippen LogP) is 1.15. The second kappa shape index (κ2) is 2.41. The van der Waals surface area contributed by atoms with Gasteiger partial charge in [-0.3, -0.25) is 0 Å². The molecule has 0 aliphatic rings. The Morgan fingerprint density at radius 2 is 2.42 bits per heavy atom. The van der Waals surface area contributed by atoms with Crippen LogP contribution in [0, 0.1) is 0 Å². The third-order valence-electron chi connectivity index (χ3n) is 1.78. The number of hydrogen-bond donors (Lipinski definition) is 2. The van der Waals surface area contributed by atoms with Crippen LogP contribution in [0.3, 0.4) is 0 Å². The summed E-state index contributed by atoms with van der Waals surface area (Å²) in [6, 6.07) is 1.81. The number of anilines is 1. The van der Waals surface area contributed by atoms with Gasteiger partial charge in [-0.05, 0) is 0 Å². The number of aromatic amines is 1. The van der Waals surface area contributed by atoms with Crippen molar-refractivity contribution < 1.29 is 4.74 Å². The summed E-state index contributed by atoms with van der Waals surface area (Å²) in [6.45, 7) is 0. The maximum absolute atomic E-state index is 5.69. The zero-order valence-electron chi connectivity index (χ0n) is 6.66. The molecule has 0 atom stereocenters. The fourth-order valence-electron chi connectivity index (χ4n) is 1.13. The van der Waals surface area contributed by atoms with E-state index in [2.05, 4.69) is 9.97 Å². The van der Waals surface area contributed by atoms with Gasteiger partial charge in [-0.2, -0.15) is 0 Å². The van der Waals surface area contributed by atoms with E-state index in [1.54, 1.807) is 25.6 Å². The highest BCUT2D eigenvalue weighted by Crippen LogP contribution is 2.22. The fraction of sp³-hybridized carbons (Fsp3) is 0.125. The molecule has 0 unspecified atom stereocenters. The van der Waals surface area contributed by atoms with Crippen LogP contribution in [-0.2, 0) is 0 Å². The van der Waals surface area contributed by atoms with Crippen molar-refractivity contribution in [3.63, 3.8) is 0 Å². The molecule has 62 valence electrons. The lowest BCUT2D eigenvalue weighted by atomic mass is 10.3. The highest BCUT2D eigenvalue weighted by molar-refractivity contribution is 5.91. The maximum Gasteiger partial charge on any atom is 0.213 e. The van der Waals surface area contributed by atoms with E-state index in [9.17, 15) is 0 Å². The van der Waals surface area contributed by atoms with Crippen molar-refractivity contribution in [3.05, 3.63) is 18.5 Å². The van der Waals surface area contributed by atoms with Crippen LogP contribution < -0.4 is 10.5 Å². The molecule has 0 spiro atoms.